The number of halogens is 3. The molecule has 0 saturated carbocycles. The van der Waals surface area contributed by atoms with Crippen molar-refractivity contribution in [1.82, 2.24) is 4.90 Å². The Kier molecular flexibility index (Phi) is 4.87. The highest BCUT2D eigenvalue weighted by atomic mass is 19.4. The van der Waals surface area contributed by atoms with E-state index in [1.165, 1.54) is 26.7 Å². The first-order valence-electron chi connectivity index (χ1n) is 6.55. The monoisotopic (exact) mass is 251 g/mol. The summed E-state index contributed by atoms with van der Waals surface area (Å²) >= 11 is 0. The quantitative estimate of drug-likeness (QED) is 0.727. The molecule has 1 heterocycles. The molecule has 0 N–H and O–H groups in total. The van der Waals surface area contributed by atoms with Gasteiger partial charge in [-0.1, -0.05) is 19.8 Å². The van der Waals surface area contributed by atoms with Crippen molar-refractivity contribution in [2.24, 2.45) is 11.3 Å². The number of hydrogen-bond acceptors (Lipinski definition) is 1. The molecule has 0 aromatic rings. The van der Waals surface area contributed by atoms with Crippen molar-refractivity contribution in [2.75, 3.05) is 19.6 Å². The molecule has 1 saturated heterocycles. The van der Waals surface area contributed by atoms with E-state index in [-0.39, 0.29) is 6.54 Å². The van der Waals surface area contributed by atoms with Gasteiger partial charge in [0.25, 0.3) is 0 Å². The second-order valence-corrected chi connectivity index (χ2v) is 5.89. The molecule has 0 atom stereocenters. The Bertz CT molecular complexity index is 227. The van der Waals surface area contributed by atoms with Gasteiger partial charge in [-0.05, 0) is 45.7 Å². The van der Waals surface area contributed by atoms with E-state index in [1.807, 2.05) is 4.90 Å². The van der Waals surface area contributed by atoms with Crippen LogP contribution in [-0.4, -0.2) is 30.7 Å². The zero-order valence-electron chi connectivity index (χ0n) is 11.1. The van der Waals surface area contributed by atoms with Gasteiger partial charge in [0.05, 0.1) is 5.41 Å². The average molecular weight is 251 g/mol. The van der Waals surface area contributed by atoms with Gasteiger partial charge in [-0.2, -0.15) is 13.2 Å². The van der Waals surface area contributed by atoms with Crippen LogP contribution in [0.4, 0.5) is 13.2 Å². The lowest BCUT2D eigenvalue weighted by Crippen LogP contribution is -2.46. The lowest BCUT2D eigenvalue weighted by molar-refractivity contribution is -0.217. The Labute approximate surface area is 102 Å². The molecule has 0 radical (unpaired) electrons. The van der Waals surface area contributed by atoms with Crippen molar-refractivity contribution in [2.45, 2.75) is 52.6 Å². The van der Waals surface area contributed by atoms with Crippen molar-refractivity contribution in [1.29, 1.82) is 0 Å². The van der Waals surface area contributed by atoms with E-state index in [0.29, 0.717) is 0 Å². The van der Waals surface area contributed by atoms with Gasteiger partial charge in [0.1, 0.15) is 0 Å². The molecule has 0 aromatic heterocycles. The standard InChI is InChI=1S/C13H24F3N/c1-4-5-11-6-8-17(9-7-11)10-12(2,3)13(14,15)16/h11H,4-10H2,1-3H3. The van der Waals surface area contributed by atoms with E-state index in [9.17, 15) is 13.2 Å². The van der Waals surface area contributed by atoms with Crippen LogP contribution in [0.5, 0.6) is 0 Å². The normalized spacial score (nSPS) is 20.8. The third kappa shape index (κ3) is 4.16. The maximum absolute atomic E-state index is 12.8. The first-order chi connectivity index (χ1) is 7.76. The maximum Gasteiger partial charge on any atom is 0.395 e. The van der Waals surface area contributed by atoms with Crippen LogP contribution >= 0.6 is 0 Å². The van der Waals surface area contributed by atoms with Crippen LogP contribution in [0.3, 0.4) is 0 Å². The highest BCUT2D eigenvalue weighted by Crippen LogP contribution is 2.38. The van der Waals surface area contributed by atoms with E-state index in [4.69, 9.17) is 0 Å². The molecule has 102 valence electrons. The van der Waals surface area contributed by atoms with Gasteiger partial charge in [0.2, 0.25) is 0 Å². The van der Waals surface area contributed by atoms with Gasteiger partial charge in [-0.3, -0.25) is 0 Å². The molecule has 0 spiro atoms. The number of nitrogens with zero attached hydrogens (tertiary/aromatic N) is 1. The molecule has 0 bridgehead atoms. The largest absolute Gasteiger partial charge is 0.395 e. The third-order valence-electron chi connectivity index (χ3n) is 3.79. The number of hydrogen-bond donors (Lipinski definition) is 0. The summed E-state index contributed by atoms with van der Waals surface area (Å²) < 4.78 is 38.3. The lowest BCUT2D eigenvalue weighted by atomic mass is 9.88. The molecule has 1 aliphatic rings. The minimum atomic E-state index is -4.10. The highest BCUT2D eigenvalue weighted by Gasteiger charge is 2.48. The van der Waals surface area contributed by atoms with Gasteiger partial charge >= 0.3 is 6.18 Å². The minimum Gasteiger partial charge on any atom is -0.302 e. The van der Waals surface area contributed by atoms with Crippen LogP contribution in [0.1, 0.15) is 46.5 Å². The number of rotatable bonds is 4. The molecule has 0 amide bonds. The molecule has 0 aliphatic carbocycles. The molecule has 17 heavy (non-hydrogen) atoms. The molecular weight excluding hydrogens is 227 g/mol. The van der Waals surface area contributed by atoms with E-state index in [1.54, 1.807) is 0 Å². The van der Waals surface area contributed by atoms with Crippen LogP contribution in [0.15, 0.2) is 0 Å². The molecule has 4 heteroatoms. The van der Waals surface area contributed by atoms with Gasteiger partial charge < -0.3 is 4.90 Å². The predicted molar refractivity (Wildman–Crippen MR) is 63.9 cm³/mol. The Balaban J connectivity index is 2.40. The Morgan fingerprint density at radius 2 is 1.65 bits per heavy atom. The number of piperidine rings is 1. The van der Waals surface area contributed by atoms with Crippen LogP contribution in [0.2, 0.25) is 0 Å². The first kappa shape index (κ1) is 14.8. The van der Waals surface area contributed by atoms with Crippen molar-refractivity contribution in [3.05, 3.63) is 0 Å². The van der Waals surface area contributed by atoms with Crippen molar-refractivity contribution in [3.63, 3.8) is 0 Å². The van der Waals surface area contributed by atoms with E-state index >= 15 is 0 Å². The third-order valence-corrected chi connectivity index (χ3v) is 3.79. The summed E-state index contributed by atoms with van der Waals surface area (Å²) in [7, 11) is 0. The van der Waals surface area contributed by atoms with Gasteiger partial charge in [-0.25, -0.2) is 0 Å². The zero-order valence-corrected chi connectivity index (χ0v) is 11.1. The first-order valence-corrected chi connectivity index (χ1v) is 6.55. The van der Waals surface area contributed by atoms with Crippen molar-refractivity contribution < 1.29 is 13.2 Å². The summed E-state index contributed by atoms with van der Waals surface area (Å²) in [5.41, 5.74) is -1.59. The average Bonchev–Trinajstić information content (AvgIpc) is 2.19. The van der Waals surface area contributed by atoms with Crippen molar-refractivity contribution in [3.8, 4) is 0 Å². The molecule has 1 rings (SSSR count). The highest BCUT2D eigenvalue weighted by molar-refractivity contribution is 4.83. The van der Waals surface area contributed by atoms with Crippen LogP contribution in [0, 0.1) is 11.3 Å². The summed E-state index contributed by atoms with van der Waals surface area (Å²) in [6.45, 7) is 6.54. The van der Waals surface area contributed by atoms with Crippen LogP contribution in [0.25, 0.3) is 0 Å². The number of likely N-dealkylation sites (tertiary alicyclic amines) is 1. The summed E-state index contributed by atoms with van der Waals surface area (Å²) in [5, 5.41) is 0. The SMILES string of the molecule is CCCC1CCN(CC(C)(C)C(F)(F)F)CC1. The van der Waals surface area contributed by atoms with Crippen LogP contribution in [-0.2, 0) is 0 Å². The summed E-state index contributed by atoms with van der Waals surface area (Å²) in [6, 6.07) is 0. The summed E-state index contributed by atoms with van der Waals surface area (Å²) in [6.07, 6.45) is 0.409. The molecule has 0 aromatic carbocycles. The summed E-state index contributed by atoms with van der Waals surface area (Å²) in [4.78, 5) is 1.97. The maximum atomic E-state index is 12.8. The smallest absolute Gasteiger partial charge is 0.302 e. The Hall–Kier alpha value is -0.250. The van der Waals surface area contributed by atoms with E-state index in [0.717, 1.165) is 31.8 Å². The zero-order chi connectivity index (χ0) is 13.1. The second-order valence-electron chi connectivity index (χ2n) is 5.89. The minimum absolute atomic E-state index is 0.134. The summed E-state index contributed by atoms with van der Waals surface area (Å²) in [5.74, 6) is 0.727. The second kappa shape index (κ2) is 5.59. The van der Waals surface area contributed by atoms with Gasteiger partial charge in [0, 0.05) is 6.54 Å². The fourth-order valence-electron chi connectivity index (χ4n) is 2.49. The molecule has 1 nitrogen and oxygen atoms in total. The van der Waals surface area contributed by atoms with E-state index < -0.39 is 11.6 Å². The van der Waals surface area contributed by atoms with Crippen LogP contribution < -0.4 is 0 Å². The number of alkyl halides is 3. The molecule has 1 fully saturated rings. The Morgan fingerprint density at radius 1 is 1.12 bits per heavy atom. The fourth-order valence-corrected chi connectivity index (χ4v) is 2.49. The van der Waals surface area contributed by atoms with Gasteiger partial charge in [0.15, 0.2) is 0 Å². The Morgan fingerprint density at radius 3 is 2.06 bits per heavy atom. The van der Waals surface area contributed by atoms with Gasteiger partial charge in [-0.15, -0.1) is 0 Å². The van der Waals surface area contributed by atoms with Crippen molar-refractivity contribution >= 4 is 0 Å². The van der Waals surface area contributed by atoms with E-state index in [2.05, 4.69) is 6.92 Å². The fraction of sp³-hybridized carbons (Fsp3) is 1.00. The molecule has 0 unspecified atom stereocenters. The topological polar surface area (TPSA) is 3.24 Å². The molecular formula is C13H24F3N. The lowest BCUT2D eigenvalue weighted by Gasteiger charge is -2.38. The molecule has 1 aliphatic heterocycles. The predicted octanol–water partition coefficient (Wildman–Crippen LogP) is 4.09.